The van der Waals surface area contributed by atoms with Gasteiger partial charge in [-0.15, -0.1) is 0 Å². The quantitative estimate of drug-likeness (QED) is 0.728. The fraction of sp³-hybridized carbons (Fsp3) is 0.462. The zero-order chi connectivity index (χ0) is 15.0. The lowest BCUT2D eigenvalue weighted by Crippen LogP contribution is -2.27. The number of anilines is 3. The van der Waals surface area contributed by atoms with Gasteiger partial charge in [-0.3, -0.25) is 9.52 Å². The maximum atomic E-state index is 12.3. The second-order valence-corrected chi connectivity index (χ2v) is 7.29. The van der Waals surface area contributed by atoms with Crippen molar-refractivity contribution in [3.63, 3.8) is 0 Å². The summed E-state index contributed by atoms with van der Waals surface area (Å²) in [5.41, 5.74) is 6.83. The molecule has 8 heteroatoms. The normalized spacial score (nSPS) is 18.8. The number of hydrogen-bond donors (Lipinski definition) is 3. The van der Waals surface area contributed by atoms with E-state index in [0.29, 0.717) is 24.3 Å². The van der Waals surface area contributed by atoms with Crippen LogP contribution in [0.15, 0.2) is 12.1 Å². The molecule has 0 atom stereocenters. The van der Waals surface area contributed by atoms with Crippen molar-refractivity contribution in [1.29, 1.82) is 0 Å². The van der Waals surface area contributed by atoms with E-state index in [-0.39, 0.29) is 29.1 Å². The summed E-state index contributed by atoms with van der Waals surface area (Å²) in [4.78, 5) is 11.3. The summed E-state index contributed by atoms with van der Waals surface area (Å²) in [7, 11) is -3.46. The van der Waals surface area contributed by atoms with Crippen molar-refractivity contribution in [2.75, 3.05) is 22.4 Å². The molecule has 1 aromatic rings. The van der Waals surface area contributed by atoms with E-state index in [2.05, 4.69) is 10.0 Å². The maximum absolute atomic E-state index is 12.3. The molecule has 1 aliphatic heterocycles. The molecule has 1 amide bonds. The third-order valence-corrected chi connectivity index (χ3v) is 5.63. The van der Waals surface area contributed by atoms with Gasteiger partial charge < -0.3 is 15.8 Å². The van der Waals surface area contributed by atoms with Crippen molar-refractivity contribution in [3.8, 4) is 5.75 Å². The molecule has 21 heavy (non-hydrogen) atoms. The molecule has 0 aromatic heterocycles. The fourth-order valence-corrected chi connectivity index (χ4v) is 4.27. The van der Waals surface area contributed by atoms with Crippen LogP contribution in [0, 0.1) is 0 Å². The van der Waals surface area contributed by atoms with Gasteiger partial charge in [-0.1, -0.05) is 12.8 Å². The summed E-state index contributed by atoms with van der Waals surface area (Å²) in [5.74, 6) is 0.160. The van der Waals surface area contributed by atoms with Gasteiger partial charge in [0, 0.05) is 6.07 Å². The van der Waals surface area contributed by atoms with Crippen LogP contribution in [0.5, 0.6) is 5.75 Å². The molecule has 3 rings (SSSR count). The Morgan fingerprint density at radius 3 is 2.71 bits per heavy atom. The Hall–Kier alpha value is -1.96. The molecule has 2 aliphatic rings. The molecule has 4 N–H and O–H groups in total. The van der Waals surface area contributed by atoms with E-state index in [1.165, 1.54) is 12.1 Å². The van der Waals surface area contributed by atoms with Gasteiger partial charge in [0.05, 0.1) is 22.3 Å². The molecular weight excluding hydrogens is 294 g/mol. The first kappa shape index (κ1) is 14.0. The molecule has 0 bridgehead atoms. The summed E-state index contributed by atoms with van der Waals surface area (Å²) in [6.07, 6.45) is 3.18. The molecule has 1 heterocycles. The van der Waals surface area contributed by atoms with Crippen molar-refractivity contribution < 1.29 is 17.9 Å². The predicted octanol–water partition coefficient (Wildman–Crippen LogP) is 1.28. The van der Waals surface area contributed by atoms with Gasteiger partial charge in [0.25, 0.3) is 5.91 Å². The number of benzene rings is 1. The number of carbonyl (C=O) groups is 1. The Kier molecular flexibility index (Phi) is 3.40. The van der Waals surface area contributed by atoms with Crippen LogP contribution in [-0.4, -0.2) is 26.2 Å². The Balaban J connectivity index is 1.88. The summed E-state index contributed by atoms with van der Waals surface area (Å²) in [6, 6.07) is 3.01. The first-order valence-electron chi connectivity index (χ1n) is 6.83. The average molecular weight is 311 g/mol. The zero-order valence-electron chi connectivity index (χ0n) is 11.4. The molecule has 0 radical (unpaired) electrons. The maximum Gasteiger partial charge on any atom is 0.262 e. The average Bonchev–Trinajstić information content (AvgIpc) is 2.94. The Labute approximate surface area is 122 Å². The van der Waals surface area contributed by atoms with Crippen LogP contribution in [0.2, 0.25) is 0 Å². The van der Waals surface area contributed by atoms with Crippen LogP contribution in [0.3, 0.4) is 0 Å². The Bertz CT molecular complexity index is 681. The molecule has 0 saturated heterocycles. The highest BCUT2D eigenvalue weighted by molar-refractivity contribution is 7.93. The third-order valence-electron chi connectivity index (χ3n) is 3.78. The second-order valence-electron chi connectivity index (χ2n) is 5.33. The van der Waals surface area contributed by atoms with E-state index in [1.807, 2.05) is 0 Å². The number of ether oxygens (including phenoxy) is 1. The largest absolute Gasteiger partial charge is 0.482 e. The van der Waals surface area contributed by atoms with Gasteiger partial charge in [0.2, 0.25) is 10.0 Å². The lowest BCUT2D eigenvalue weighted by atomic mass is 10.2. The van der Waals surface area contributed by atoms with Gasteiger partial charge in [-0.05, 0) is 18.9 Å². The number of carbonyl (C=O) groups excluding carboxylic acids is 1. The molecule has 1 aliphatic carbocycles. The third kappa shape index (κ3) is 2.76. The number of rotatable bonds is 3. The molecule has 7 nitrogen and oxygen atoms in total. The molecule has 1 fully saturated rings. The minimum Gasteiger partial charge on any atom is -0.482 e. The summed E-state index contributed by atoms with van der Waals surface area (Å²) >= 11 is 0. The predicted molar refractivity (Wildman–Crippen MR) is 79.8 cm³/mol. The highest BCUT2D eigenvalue weighted by atomic mass is 32.2. The lowest BCUT2D eigenvalue weighted by molar-refractivity contribution is -0.118. The minimum atomic E-state index is -3.46. The highest BCUT2D eigenvalue weighted by Crippen LogP contribution is 2.36. The van der Waals surface area contributed by atoms with Crippen molar-refractivity contribution >= 4 is 33.0 Å². The van der Waals surface area contributed by atoms with Crippen molar-refractivity contribution in [2.24, 2.45) is 0 Å². The number of nitrogens with two attached hydrogens (primary N) is 1. The van der Waals surface area contributed by atoms with Gasteiger partial charge in [0.1, 0.15) is 5.75 Å². The zero-order valence-corrected chi connectivity index (χ0v) is 12.2. The van der Waals surface area contributed by atoms with Crippen LogP contribution in [-0.2, 0) is 14.8 Å². The molecule has 0 spiro atoms. The van der Waals surface area contributed by atoms with E-state index in [9.17, 15) is 13.2 Å². The van der Waals surface area contributed by atoms with Crippen LogP contribution in [0.25, 0.3) is 0 Å². The standard InChI is InChI=1S/C13H17N3O4S/c14-9-5-12-11(15-13(17)7-20-12)6-10(9)16-21(18,19)8-3-1-2-4-8/h5-6,8,16H,1-4,7,14H2,(H,15,17). The van der Waals surface area contributed by atoms with Crippen LogP contribution >= 0.6 is 0 Å². The summed E-state index contributed by atoms with van der Waals surface area (Å²) in [6.45, 7) is -0.0699. The number of nitrogen functional groups attached to an aromatic ring is 1. The summed E-state index contributed by atoms with van der Waals surface area (Å²) in [5, 5.41) is 2.25. The van der Waals surface area contributed by atoms with Gasteiger partial charge in [0.15, 0.2) is 6.61 Å². The Morgan fingerprint density at radius 2 is 2.00 bits per heavy atom. The number of hydrogen-bond acceptors (Lipinski definition) is 5. The first-order valence-corrected chi connectivity index (χ1v) is 8.38. The Morgan fingerprint density at radius 1 is 1.29 bits per heavy atom. The molecule has 1 aromatic carbocycles. The lowest BCUT2D eigenvalue weighted by Gasteiger charge is -2.21. The molecule has 1 saturated carbocycles. The summed E-state index contributed by atoms with van der Waals surface area (Å²) < 4.78 is 32.4. The highest BCUT2D eigenvalue weighted by Gasteiger charge is 2.29. The fourth-order valence-electron chi connectivity index (χ4n) is 2.67. The van der Waals surface area contributed by atoms with E-state index in [0.717, 1.165) is 12.8 Å². The monoisotopic (exact) mass is 311 g/mol. The number of fused-ring (bicyclic) bond motifs is 1. The molecule has 114 valence electrons. The smallest absolute Gasteiger partial charge is 0.262 e. The van der Waals surface area contributed by atoms with E-state index < -0.39 is 10.0 Å². The van der Waals surface area contributed by atoms with Crippen molar-refractivity contribution in [1.82, 2.24) is 0 Å². The van der Waals surface area contributed by atoms with Crippen molar-refractivity contribution in [2.45, 2.75) is 30.9 Å². The second kappa shape index (κ2) is 5.10. The van der Waals surface area contributed by atoms with Crippen LogP contribution in [0.1, 0.15) is 25.7 Å². The van der Waals surface area contributed by atoms with Gasteiger partial charge >= 0.3 is 0 Å². The van der Waals surface area contributed by atoms with Crippen molar-refractivity contribution in [3.05, 3.63) is 12.1 Å². The van der Waals surface area contributed by atoms with Crippen LogP contribution in [0.4, 0.5) is 17.1 Å². The molecular formula is C13H17N3O4S. The van der Waals surface area contributed by atoms with Crippen LogP contribution < -0.4 is 20.5 Å². The number of amides is 1. The minimum absolute atomic E-state index is 0.0699. The molecule has 0 unspecified atom stereocenters. The number of sulfonamides is 1. The first-order chi connectivity index (χ1) is 9.95. The van der Waals surface area contributed by atoms with Gasteiger partial charge in [-0.2, -0.15) is 0 Å². The SMILES string of the molecule is Nc1cc2c(cc1NS(=O)(=O)C1CCCC1)NC(=O)CO2. The van der Waals surface area contributed by atoms with E-state index in [4.69, 9.17) is 10.5 Å². The van der Waals surface area contributed by atoms with E-state index in [1.54, 1.807) is 0 Å². The topological polar surface area (TPSA) is 111 Å². The number of nitrogens with one attached hydrogen (secondary N) is 2. The van der Waals surface area contributed by atoms with E-state index >= 15 is 0 Å². The van der Waals surface area contributed by atoms with Gasteiger partial charge in [-0.25, -0.2) is 8.42 Å².